The number of aliphatic hydroxyl groups is 2. The molecule has 0 atom stereocenters. The second-order valence-corrected chi connectivity index (χ2v) is 6.18. The van der Waals surface area contributed by atoms with Gasteiger partial charge in [-0.25, -0.2) is 0 Å². The first kappa shape index (κ1) is 18.9. The van der Waals surface area contributed by atoms with E-state index in [0.29, 0.717) is 11.8 Å². The van der Waals surface area contributed by atoms with Crippen LogP contribution in [0, 0.1) is 5.41 Å². The highest BCUT2D eigenvalue weighted by atomic mass is 16.5. The summed E-state index contributed by atoms with van der Waals surface area (Å²) < 4.78 is 0. The molecule has 0 unspecified atom stereocenters. The highest BCUT2D eigenvalue weighted by Crippen LogP contribution is 2.40. The van der Waals surface area contributed by atoms with E-state index in [2.05, 4.69) is 20.8 Å². The normalized spacial score (nSPS) is 12.3. The zero-order valence-corrected chi connectivity index (χ0v) is 13.5. The van der Waals surface area contributed by atoms with Crippen LogP contribution < -0.4 is 0 Å². The highest BCUT2D eigenvalue weighted by Gasteiger charge is 2.26. The Morgan fingerprint density at radius 1 is 0.684 bits per heavy atom. The summed E-state index contributed by atoms with van der Waals surface area (Å²) in [5, 5.41) is 17.6. The van der Waals surface area contributed by atoms with Gasteiger partial charge in [-0.05, 0) is 43.9 Å². The molecule has 0 rings (SSSR count). The third-order valence-corrected chi connectivity index (χ3v) is 4.26. The first-order chi connectivity index (χ1) is 9.10. The van der Waals surface area contributed by atoms with Crippen molar-refractivity contribution in [1.82, 2.24) is 0 Å². The quantitative estimate of drug-likeness (QED) is 0.365. The van der Waals surface area contributed by atoms with Crippen LogP contribution in [0.5, 0.6) is 0 Å². The zero-order chi connectivity index (χ0) is 14.6. The van der Waals surface area contributed by atoms with Crippen LogP contribution in [0.25, 0.3) is 0 Å². The standard InChI is InChI=1S/C17H36O2/c1-4-12-17(13-5-2,14-6-3)15-10-8-7-9-11-16(18)19/h16,18-19H,4-15H2,1-3H3. The fourth-order valence-electron chi connectivity index (χ4n) is 3.52. The molecule has 0 saturated carbocycles. The van der Waals surface area contributed by atoms with Gasteiger partial charge in [0.15, 0.2) is 6.29 Å². The first-order valence-corrected chi connectivity index (χ1v) is 8.46. The molecule has 2 heteroatoms. The Balaban J connectivity index is 3.96. The number of rotatable bonds is 13. The fraction of sp³-hybridized carbons (Fsp3) is 1.00. The van der Waals surface area contributed by atoms with Gasteiger partial charge in [-0.3, -0.25) is 0 Å². The van der Waals surface area contributed by atoms with Gasteiger partial charge in [0, 0.05) is 0 Å². The van der Waals surface area contributed by atoms with Gasteiger partial charge in [0.25, 0.3) is 0 Å². The molecule has 0 fully saturated rings. The molecular formula is C17H36O2. The van der Waals surface area contributed by atoms with Crippen molar-refractivity contribution < 1.29 is 10.2 Å². The Morgan fingerprint density at radius 2 is 1.16 bits per heavy atom. The van der Waals surface area contributed by atoms with Crippen LogP contribution in [0.1, 0.15) is 97.8 Å². The van der Waals surface area contributed by atoms with Crippen molar-refractivity contribution in [2.24, 2.45) is 5.41 Å². The van der Waals surface area contributed by atoms with Crippen LogP contribution in [0.2, 0.25) is 0 Å². The van der Waals surface area contributed by atoms with E-state index < -0.39 is 6.29 Å². The predicted molar refractivity (Wildman–Crippen MR) is 83.1 cm³/mol. The van der Waals surface area contributed by atoms with E-state index >= 15 is 0 Å². The smallest absolute Gasteiger partial charge is 0.151 e. The summed E-state index contributed by atoms with van der Waals surface area (Å²) in [5.74, 6) is 0. The molecule has 0 amide bonds. The summed E-state index contributed by atoms with van der Waals surface area (Å²) in [4.78, 5) is 0. The second-order valence-electron chi connectivity index (χ2n) is 6.18. The van der Waals surface area contributed by atoms with E-state index in [-0.39, 0.29) is 0 Å². The van der Waals surface area contributed by atoms with Crippen LogP contribution >= 0.6 is 0 Å². The van der Waals surface area contributed by atoms with E-state index in [0.717, 1.165) is 12.8 Å². The lowest BCUT2D eigenvalue weighted by Gasteiger charge is -2.34. The number of hydrogen-bond acceptors (Lipinski definition) is 2. The van der Waals surface area contributed by atoms with Crippen LogP contribution in [0.3, 0.4) is 0 Å². The SMILES string of the molecule is CCCC(CCC)(CCC)CCCCCCC(O)O. The Morgan fingerprint density at radius 3 is 1.58 bits per heavy atom. The molecule has 0 aromatic carbocycles. The molecule has 2 nitrogen and oxygen atoms in total. The van der Waals surface area contributed by atoms with Crippen molar-refractivity contribution in [1.29, 1.82) is 0 Å². The molecule has 116 valence electrons. The monoisotopic (exact) mass is 272 g/mol. The van der Waals surface area contributed by atoms with E-state index in [1.165, 1.54) is 57.8 Å². The lowest BCUT2D eigenvalue weighted by atomic mass is 9.72. The molecule has 0 heterocycles. The molecule has 0 radical (unpaired) electrons. The van der Waals surface area contributed by atoms with E-state index in [1.54, 1.807) is 0 Å². The molecular weight excluding hydrogens is 236 g/mol. The number of unbranched alkanes of at least 4 members (excludes halogenated alkanes) is 3. The summed E-state index contributed by atoms with van der Waals surface area (Å²) in [7, 11) is 0. The summed E-state index contributed by atoms with van der Waals surface area (Å²) in [5.41, 5.74) is 0.592. The molecule has 0 aliphatic rings. The largest absolute Gasteiger partial charge is 0.368 e. The van der Waals surface area contributed by atoms with Gasteiger partial charge in [0.1, 0.15) is 0 Å². The zero-order valence-electron chi connectivity index (χ0n) is 13.5. The van der Waals surface area contributed by atoms with E-state index in [1.807, 2.05) is 0 Å². The first-order valence-electron chi connectivity index (χ1n) is 8.46. The van der Waals surface area contributed by atoms with E-state index in [4.69, 9.17) is 10.2 Å². The fourth-order valence-corrected chi connectivity index (χ4v) is 3.52. The topological polar surface area (TPSA) is 40.5 Å². The lowest BCUT2D eigenvalue weighted by Crippen LogP contribution is -2.20. The van der Waals surface area contributed by atoms with Crippen molar-refractivity contribution in [2.75, 3.05) is 0 Å². The average Bonchev–Trinajstić information content (AvgIpc) is 2.34. The van der Waals surface area contributed by atoms with Gasteiger partial charge >= 0.3 is 0 Å². The molecule has 0 bridgehead atoms. The summed E-state index contributed by atoms with van der Waals surface area (Å²) >= 11 is 0. The average molecular weight is 272 g/mol. The Bertz CT molecular complexity index is 173. The van der Waals surface area contributed by atoms with Crippen LogP contribution in [-0.4, -0.2) is 16.5 Å². The van der Waals surface area contributed by atoms with Gasteiger partial charge < -0.3 is 10.2 Å². The maximum atomic E-state index is 8.80. The maximum absolute atomic E-state index is 8.80. The van der Waals surface area contributed by atoms with Gasteiger partial charge in [-0.2, -0.15) is 0 Å². The minimum atomic E-state index is -1.11. The van der Waals surface area contributed by atoms with Crippen LogP contribution in [0.4, 0.5) is 0 Å². The highest BCUT2D eigenvalue weighted by molar-refractivity contribution is 4.78. The molecule has 0 aromatic rings. The Labute approximate surface area is 120 Å². The Kier molecular flexibility index (Phi) is 11.7. The van der Waals surface area contributed by atoms with Crippen LogP contribution in [0.15, 0.2) is 0 Å². The summed E-state index contributed by atoms with van der Waals surface area (Å²) in [6, 6.07) is 0. The number of aliphatic hydroxyl groups excluding tert-OH is 1. The molecule has 0 aliphatic carbocycles. The van der Waals surface area contributed by atoms with Crippen molar-refractivity contribution in [2.45, 2.75) is 104 Å². The van der Waals surface area contributed by atoms with Crippen molar-refractivity contribution in [3.05, 3.63) is 0 Å². The third-order valence-electron chi connectivity index (χ3n) is 4.26. The molecule has 2 N–H and O–H groups in total. The van der Waals surface area contributed by atoms with Gasteiger partial charge in [-0.1, -0.05) is 59.3 Å². The third kappa shape index (κ3) is 9.45. The molecule has 0 saturated heterocycles. The minimum Gasteiger partial charge on any atom is -0.368 e. The summed E-state index contributed by atoms with van der Waals surface area (Å²) in [6.07, 6.45) is 13.5. The van der Waals surface area contributed by atoms with Crippen LogP contribution in [-0.2, 0) is 0 Å². The lowest BCUT2D eigenvalue weighted by molar-refractivity contribution is -0.0466. The van der Waals surface area contributed by atoms with Crippen molar-refractivity contribution in [3.63, 3.8) is 0 Å². The molecule has 0 aromatic heterocycles. The predicted octanol–water partition coefficient (Wildman–Crippen LogP) is 5.02. The van der Waals surface area contributed by atoms with Gasteiger partial charge in [-0.15, -0.1) is 0 Å². The van der Waals surface area contributed by atoms with Crippen molar-refractivity contribution in [3.8, 4) is 0 Å². The van der Waals surface area contributed by atoms with Gasteiger partial charge in [0.05, 0.1) is 0 Å². The van der Waals surface area contributed by atoms with Crippen molar-refractivity contribution >= 4 is 0 Å². The Hall–Kier alpha value is -0.0800. The summed E-state index contributed by atoms with van der Waals surface area (Å²) in [6.45, 7) is 6.92. The maximum Gasteiger partial charge on any atom is 0.151 e. The molecule has 0 aliphatic heterocycles. The second kappa shape index (κ2) is 11.7. The number of hydrogen-bond donors (Lipinski definition) is 2. The molecule has 19 heavy (non-hydrogen) atoms. The van der Waals surface area contributed by atoms with Gasteiger partial charge in [0.2, 0.25) is 0 Å². The molecule has 0 spiro atoms. The van der Waals surface area contributed by atoms with E-state index in [9.17, 15) is 0 Å². The minimum absolute atomic E-state index is 0.532.